The molecule has 0 aliphatic rings. The van der Waals surface area contributed by atoms with E-state index in [1.165, 1.54) is 0 Å². The molecule has 0 aromatic rings. The predicted octanol–water partition coefficient (Wildman–Crippen LogP) is 1.46. The number of hydrogen-bond acceptors (Lipinski definition) is 4. The molecule has 0 fully saturated rings. The van der Waals surface area contributed by atoms with Gasteiger partial charge in [-0.3, -0.25) is 0 Å². The summed E-state index contributed by atoms with van der Waals surface area (Å²) in [7, 11) is 0. The van der Waals surface area contributed by atoms with E-state index < -0.39 is 0 Å². The van der Waals surface area contributed by atoms with Gasteiger partial charge in [0.05, 0.1) is 45.7 Å². The molecule has 0 amide bonds. The highest BCUT2D eigenvalue weighted by atomic mass is 16.5. The number of ether oxygens (including phenoxy) is 3. The van der Waals surface area contributed by atoms with E-state index in [1.54, 1.807) is 0 Å². The van der Waals surface area contributed by atoms with Crippen molar-refractivity contribution in [3.8, 4) is 0 Å². The van der Waals surface area contributed by atoms with Gasteiger partial charge < -0.3 is 19.3 Å². The molecule has 0 rings (SSSR count). The van der Waals surface area contributed by atoms with Crippen molar-refractivity contribution in [1.29, 1.82) is 0 Å². The molecule has 0 spiro atoms. The Morgan fingerprint density at radius 2 is 1.50 bits per heavy atom. The fourth-order valence-electron chi connectivity index (χ4n) is 1.43. The Kier molecular flexibility index (Phi) is 11.2. The van der Waals surface area contributed by atoms with Crippen LogP contribution in [-0.2, 0) is 14.2 Å². The lowest BCUT2D eigenvalue weighted by atomic mass is 10.1. The van der Waals surface area contributed by atoms with Gasteiger partial charge in [-0.25, -0.2) is 0 Å². The average molecular weight is 234 g/mol. The van der Waals surface area contributed by atoms with Crippen LogP contribution in [0.1, 0.15) is 27.2 Å². The summed E-state index contributed by atoms with van der Waals surface area (Å²) in [5, 5.41) is 8.46. The fourth-order valence-corrected chi connectivity index (χ4v) is 1.43. The van der Waals surface area contributed by atoms with Crippen molar-refractivity contribution in [2.75, 3.05) is 39.6 Å². The number of hydrogen-bond donors (Lipinski definition) is 1. The van der Waals surface area contributed by atoms with Gasteiger partial charge in [0.15, 0.2) is 0 Å². The van der Waals surface area contributed by atoms with Crippen LogP contribution in [0.3, 0.4) is 0 Å². The molecule has 98 valence electrons. The zero-order valence-corrected chi connectivity index (χ0v) is 10.8. The molecule has 0 saturated heterocycles. The molecule has 4 heteroatoms. The van der Waals surface area contributed by atoms with Crippen LogP contribution in [0.5, 0.6) is 0 Å². The Morgan fingerprint density at radius 1 is 0.938 bits per heavy atom. The maximum absolute atomic E-state index is 8.46. The van der Waals surface area contributed by atoms with Gasteiger partial charge in [0, 0.05) is 0 Å². The van der Waals surface area contributed by atoms with Crippen molar-refractivity contribution in [2.45, 2.75) is 33.3 Å². The van der Waals surface area contributed by atoms with Crippen LogP contribution in [0.25, 0.3) is 0 Å². The predicted molar refractivity (Wildman–Crippen MR) is 63.6 cm³/mol. The summed E-state index contributed by atoms with van der Waals surface area (Å²) < 4.78 is 16.1. The quantitative estimate of drug-likeness (QED) is 0.550. The van der Waals surface area contributed by atoms with Crippen molar-refractivity contribution >= 4 is 0 Å². The first-order valence-electron chi connectivity index (χ1n) is 6.10. The van der Waals surface area contributed by atoms with E-state index in [0.29, 0.717) is 45.1 Å². The van der Waals surface area contributed by atoms with E-state index >= 15 is 0 Å². The van der Waals surface area contributed by atoms with Gasteiger partial charge in [-0.15, -0.1) is 0 Å². The van der Waals surface area contributed by atoms with E-state index in [1.807, 2.05) is 0 Å². The van der Waals surface area contributed by atoms with Crippen LogP contribution < -0.4 is 0 Å². The van der Waals surface area contributed by atoms with Crippen molar-refractivity contribution in [3.05, 3.63) is 0 Å². The van der Waals surface area contributed by atoms with Crippen molar-refractivity contribution in [2.24, 2.45) is 5.92 Å². The summed E-state index contributed by atoms with van der Waals surface area (Å²) in [5.41, 5.74) is 0. The third-order valence-electron chi connectivity index (χ3n) is 2.31. The summed E-state index contributed by atoms with van der Waals surface area (Å²) in [4.78, 5) is 0. The molecule has 0 saturated carbocycles. The van der Waals surface area contributed by atoms with Gasteiger partial charge in [-0.05, 0) is 12.3 Å². The molecular weight excluding hydrogens is 208 g/mol. The summed E-state index contributed by atoms with van der Waals surface area (Å²) in [6.45, 7) is 9.23. The third-order valence-corrected chi connectivity index (χ3v) is 2.31. The SMILES string of the molecule is CCC(OCCOCCOCCO)C(C)C. The van der Waals surface area contributed by atoms with E-state index in [2.05, 4.69) is 20.8 Å². The molecular formula is C12H26O4. The Morgan fingerprint density at radius 3 is 2.00 bits per heavy atom. The topological polar surface area (TPSA) is 47.9 Å². The average Bonchev–Trinajstić information content (AvgIpc) is 2.26. The number of rotatable bonds is 11. The molecule has 0 bridgehead atoms. The summed E-state index contributed by atoms with van der Waals surface area (Å²) in [6, 6.07) is 0. The molecule has 0 heterocycles. The van der Waals surface area contributed by atoms with Crippen molar-refractivity contribution in [1.82, 2.24) is 0 Å². The lowest BCUT2D eigenvalue weighted by molar-refractivity contribution is -0.0286. The first-order chi connectivity index (χ1) is 7.72. The van der Waals surface area contributed by atoms with Gasteiger partial charge in [-0.1, -0.05) is 20.8 Å². The molecule has 1 N–H and O–H groups in total. The van der Waals surface area contributed by atoms with Gasteiger partial charge in [-0.2, -0.15) is 0 Å². The van der Waals surface area contributed by atoms with Crippen LogP contribution in [0.4, 0.5) is 0 Å². The van der Waals surface area contributed by atoms with E-state index in [9.17, 15) is 0 Å². The highest BCUT2D eigenvalue weighted by Crippen LogP contribution is 2.09. The Balaban J connectivity index is 3.19. The Bertz CT molecular complexity index is 139. The van der Waals surface area contributed by atoms with Crippen LogP contribution >= 0.6 is 0 Å². The monoisotopic (exact) mass is 234 g/mol. The zero-order chi connectivity index (χ0) is 12.2. The second-order valence-corrected chi connectivity index (χ2v) is 4.01. The highest BCUT2D eigenvalue weighted by molar-refractivity contribution is 4.59. The minimum Gasteiger partial charge on any atom is -0.394 e. The van der Waals surface area contributed by atoms with Gasteiger partial charge in [0.1, 0.15) is 0 Å². The Hall–Kier alpha value is -0.160. The lowest BCUT2D eigenvalue weighted by Crippen LogP contribution is -2.21. The van der Waals surface area contributed by atoms with Crippen molar-refractivity contribution < 1.29 is 19.3 Å². The molecule has 0 aliphatic heterocycles. The maximum Gasteiger partial charge on any atom is 0.0704 e. The second kappa shape index (κ2) is 11.3. The van der Waals surface area contributed by atoms with Gasteiger partial charge in [0.25, 0.3) is 0 Å². The smallest absolute Gasteiger partial charge is 0.0704 e. The molecule has 1 atom stereocenters. The molecule has 0 aromatic carbocycles. The highest BCUT2D eigenvalue weighted by Gasteiger charge is 2.10. The molecule has 16 heavy (non-hydrogen) atoms. The van der Waals surface area contributed by atoms with E-state index in [-0.39, 0.29) is 6.61 Å². The van der Waals surface area contributed by atoms with E-state index in [4.69, 9.17) is 19.3 Å². The second-order valence-electron chi connectivity index (χ2n) is 4.01. The normalized spacial score (nSPS) is 13.3. The lowest BCUT2D eigenvalue weighted by Gasteiger charge is -2.19. The minimum absolute atomic E-state index is 0.0652. The zero-order valence-electron chi connectivity index (χ0n) is 10.8. The molecule has 0 radical (unpaired) electrons. The standard InChI is InChI=1S/C12H26O4/c1-4-12(11(2)3)16-10-9-15-8-7-14-6-5-13/h11-13H,4-10H2,1-3H3. The van der Waals surface area contributed by atoms with Gasteiger partial charge in [0.2, 0.25) is 0 Å². The van der Waals surface area contributed by atoms with Crippen molar-refractivity contribution in [3.63, 3.8) is 0 Å². The van der Waals surface area contributed by atoms with Gasteiger partial charge >= 0.3 is 0 Å². The molecule has 1 unspecified atom stereocenters. The molecule has 4 nitrogen and oxygen atoms in total. The summed E-state index contributed by atoms with van der Waals surface area (Å²) >= 11 is 0. The third kappa shape index (κ3) is 9.09. The fraction of sp³-hybridized carbons (Fsp3) is 1.00. The number of aliphatic hydroxyl groups excluding tert-OH is 1. The van der Waals surface area contributed by atoms with Crippen LogP contribution in [-0.4, -0.2) is 50.9 Å². The number of aliphatic hydroxyl groups is 1. The first-order valence-corrected chi connectivity index (χ1v) is 6.10. The van der Waals surface area contributed by atoms with Crippen LogP contribution in [0, 0.1) is 5.92 Å². The summed E-state index contributed by atoms with van der Waals surface area (Å²) in [6.07, 6.45) is 1.37. The van der Waals surface area contributed by atoms with E-state index in [0.717, 1.165) is 6.42 Å². The molecule has 0 aliphatic carbocycles. The Labute approximate surface area is 98.9 Å². The molecule has 0 aromatic heterocycles. The largest absolute Gasteiger partial charge is 0.394 e. The summed E-state index contributed by atoms with van der Waals surface area (Å²) in [5.74, 6) is 0.554. The first kappa shape index (κ1) is 15.8. The van der Waals surface area contributed by atoms with Crippen LogP contribution in [0.15, 0.2) is 0 Å². The van der Waals surface area contributed by atoms with Crippen LogP contribution in [0.2, 0.25) is 0 Å². The maximum atomic E-state index is 8.46. The minimum atomic E-state index is 0.0652.